The highest BCUT2D eigenvalue weighted by atomic mass is 16.6. The lowest BCUT2D eigenvalue weighted by Crippen LogP contribution is -2.01. The van der Waals surface area contributed by atoms with E-state index in [9.17, 15) is 20.0 Å². The SMILES string of the molecule is CC(=O)c1c([N+](=O)[O-])ccc(C)c1O. The number of nitrogens with zero attached hydrogens (tertiary/aromatic N) is 1. The van der Waals surface area contributed by atoms with Gasteiger partial charge in [-0.1, -0.05) is 0 Å². The molecule has 0 saturated carbocycles. The van der Waals surface area contributed by atoms with E-state index in [1.165, 1.54) is 19.1 Å². The van der Waals surface area contributed by atoms with E-state index < -0.39 is 10.7 Å². The van der Waals surface area contributed by atoms with Gasteiger partial charge in [-0.25, -0.2) is 0 Å². The number of phenols is 1. The molecule has 0 heterocycles. The molecule has 0 aliphatic rings. The third kappa shape index (κ3) is 1.56. The molecule has 14 heavy (non-hydrogen) atoms. The van der Waals surface area contributed by atoms with Crippen LogP contribution in [0.3, 0.4) is 0 Å². The molecular weight excluding hydrogens is 186 g/mol. The Morgan fingerprint density at radius 1 is 1.50 bits per heavy atom. The maximum absolute atomic E-state index is 11.1. The van der Waals surface area contributed by atoms with Gasteiger partial charge in [0.15, 0.2) is 5.78 Å². The van der Waals surface area contributed by atoms with E-state index in [4.69, 9.17) is 0 Å². The highest BCUT2D eigenvalue weighted by Crippen LogP contribution is 2.30. The van der Waals surface area contributed by atoms with Crippen LogP contribution in [0.4, 0.5) is 5.69 Å². The molecule has 1 N–H and O–H groups in total. The van der Waals surface area contributed by atoms with Gasteiger partial charge in [0.25, 0.3) is 5.69 Å². The monoisotopic (exact) mass is 195 g/mol. The number of carbonyl (C=O) groups is 1. The summed E-state index contributed by atoms with van der Waals surface area (Å²) in [5, 5.41) is 20.0. The van der Waals surface area contributed by atoms with Crippen molar-refractivity contribution in [3.63, 3.8) is 0 Å². The number of nitro groups is 1. The number of carbonyl (C=O) groups excluding carboxylic acids is 1. The smallest absolute Gasteiger partial charge is 0.283 e. The molecule has 5 heteroatoms. The van der Waals surface area contributed by atoms with E-state index >= 15 is 0 Å². The molecule has 1 aromatic carbocycles. The van der Waals surface area contributed by atoms with Crippen molar-refractivity contribution in [1.82, 2.24) is 0 Å². The van der Waals surface area contributed by atoms with E-state index in [-0.39, 0.29) is 17.0 Å². The molecule has 0 spiro atoms. The number of rotatable bonds is 2. The van der Waals surface area contributed by atoms with Gasteiger partial charge in [-0.3, -0.25) is 14.9 Å². The molecule has 0 saturated heterocycles. The molecular formula is C9H9NO4. The summed E-state index contributed by atoms with van der Waals surface area (Å²) in [6, 6.07) is 2.62. The van der Waals surface area contributed by atoms with Gasteiger partial charge in [-0.2, -0.15) is 0 Å². The standard InChI is InChI=1S/C9H9NO4/c1-5-3-4-7(10(13)14)8(6(2)11)9(5)12/h3-4,12H,1-2H3. The van der Waals surface area contributed by atoms with Crippen LogP contribution in [-0.2, 0) is 0 Å². The van der Waals surface area contributed by atoms with Crippen LogP contribution in [0.15, 0.2) is 12.1 Å². The number of phenolic OH excluding ortho intramolecular Hbond substituents is 1. The normalized spacial score (nSPS) is 9.86. The summed E-state index contributed by atoms with van der Waals surface area (Å²) in [5.74, 6) is -0.829. The van der Waals surface area contributed by atoms with E-state index in [0.29, 0.717) is 5.56 Å². The van der Waals surface area contributed by atoms with Crippen LogP contribution in [0.2, 0.25) is 0 Å². The molecule has 0 aromatic heterocycles. The van der Waals surface area contributed by atoms with E-state index in [1.807, 2.05) is 0 Å². The van der Waals surface area contributed by atoms with Gasteiger partial charge in [-0.15, -0.1) is 0 Å². The van der Waals surface area contributed by atoms with Crippen molar-refractivity contribution in [2.75, 3.05) is 0 Å². The molecule has 0 unspecified atom stereocenters. The van der Waals surface area contributed by atoms with Crippen LogP contribution >= 0.6 is 0 Å². The number of ketones is 1. The van der Waals surface area contributed by atoms with Crippen LogP contribution in [0.1, 0.15) is 22.8 Å². The van der Waals surface area contributed by atoms with Crippen LogP contribution in [0, 0.1) is 17.0 Å². The third-order valence-electron chi connectivity index (χ3n) is 1.91. The van der Waals surface area contributed by atoms with Crippen LogP contribution in [-0.4, -0.2) is 15.8 Å². The zero-order chi connectivity index (χ0) is 10.9. The fourth-order valence-electron chi connectivity index (χ4n) is 1.18. The Balaban J connectivity index is 3.53. The lowest BCUT2D eigenvalue weighted by Gasteiger charge is -2.04. The Morgan fingerprint density at radius 3 is 2.50 bits per heavy atom. The van der Waals surface area contributed by atoms with Crippen molar-refractivity contribution >= 4 is 11.5 Å². The summed E-state index contributed by atoms with van der Waals surface area (Å²) in [6.45, 7) is 2.76. The third-order valence-corrected chi connectivity index (χ3v) is 1.91. The largest absolute Gasteiger partial charge is 0.507 e. The van der Waals surface area contributed by atoms with Gasteiger partial charge in [0.1, 0.15) is 11.3 Å². The molecule has 1 aromatic rings. The fraction of sp³-hybridized carbons (Fsp3) is 0.222. The molecule has 0 bridgehead atoms. The van der Waals surface area contributed by atoms with Crippen molar-refractivity contribution in [2.24, 2.45) is 0 Å². The fourth-order valence-corrected chi connectivity index (χ4v) is 1.18. The Hall–Kier alpha value is -1.91. The minimum Gasteiger partial charge on any atom is -0.507 e. The summed E-state index contributed by atoms with van der Waals surface area (Å²) >= 11 is 0. The first-order valence-electron chi connectivity index (χ1n) is 3.93. The summed E-state index contributed by atoms with van der Waals surface area (Å²) in [5.41, 5.74) is -0.142. The van der Waals surface area contributed by atoms with E-state index in [0.717, 1.165) is 0 Å². The molecule has 0 aliphatic carbocycles. The number of hydrogen-bond acceptors (Lipinski definition) is 4. The van der Waals surface area contributed by atoms with Gasteiger partial charge < -0.3 is 5.11 Å². The first-order chi connectivity index (χ1) is 6.45. The molecule has 0 radical (unpaired) electrons. The maximum Gasteiger partial charge on any atom is 0.283 e. The van der Waals surface area contributed by atoms with Crippen molar-refractivity contribution < 1.29 is 14.8 Å². The maximum atomic E-state index is 11.1. The summed E-state index contributed by atoms with van der Waals surface area (Å²) in [4.78, 5) is 20.9. The predicted molar refractivity (Wildman–Crippen MR) is 49.5 cm³/mol. The Labute approximate surface area is 80.1 Å². The van der Waals surface area contributed by atoms with E-state index in [2.05, 4.69) is 0 Å². The zero-order valence-corrected chi connectivity index (χ0v) is 7.77. The number of hydrogen-bond donors (Lipinski definition) is 1. The van der Waals surface area contributed by atoms with Crippen molar-refractivity contribution in [3.05, 3.63) is 33.4 Å². The first-order valence-corrected chi connectivity index (χ1v) is 3.93. The van der Waals surface area contributed by atoms with Crippen LogP contribution in [0.25, 0.3) is 0 Å². The topological polar surface area (TPSA) is 80.4 Å². The average molecular weight is 195 g/mol. The highest BCUT2D eigenvalue weighted by Gasteiger charge is 2.22. The van der Waals surface area contributed by atoms with Gasteiger partial charge in [0.05, 0.1) is 4.92 Å². The van der Waals surface area contributed by atoms with Crippen molar-refractivity contribution in [1.29, 1.82) is 0 Å². The molecule has 0 fully saturated rings. The summed E-state index contributed by atoms with van der Waals surface area (Å²) < 4.78 is 0. The summed E-state index contributed by atoms with van der Waals surface area (Å²) in [7, 11) is 0. The lowest BCUT2D eigenvalue weighted by molar-refractivity contribution is -0.385. The van der Waals surface area contributed by atoms with Crippen molar-refractivity contribution in [3.8, 4) is 5.75 Å². The molecule has 1 rings (SSSR count). The molecule has 5 nitrogen and oxygen atoms in total. The number of aromatic hydroxyl groups is 1. The van der Waals surface area contributed by atoms with E-state index in [1.54, 1.807) is 6.92 Å². The van der Waals surface area contributed by atoms with Gasteiger partial charge >= 0.3 is 0 Å². The molecule has 0 amide bonds. The Kier molecular flexibility index (Phi) is 2.51. The van der Waals surface area contributed by atoms with Gasteiger partial charge in [0, 0.05) is 6.07 Å². The zero-order valence-electron chi connectivity index (χ0n) is 7.77. The molecule has 0 atom stereocenters. The van der Waals surface area contributed by atoms with Crippen LogP contribution in [0.5, 0.6) is 5.75 Å². The quantitative estimate of drug-likeness (QED) is 0.443. The minimum absolute atomic E-state index is 0.227. The summed E-state index contributed by atoms with van der Waals surface area (Å²) in [6.07, 6.45) is 0. The average Bonchev–Trinajstić information content (AvgIpc) is 2.08. The number of Topliss-reactive ketones (excluding diaryl/α,β-unsaturated/α-hetero) is 1. The van der Waals surface area contributed by atoms with Crippen LogP contribution < -0.4 is 0 Å². The van der Waals surface area contributed by atoms with Gasteiger partial charge in [0.2, 0.25) is 0 Å². The highest BCUT2D eigenvalue weighted by molar-refractivity contribution is 6.01. The second kappa shape index (κ2) is 3.45. The lowest BCUT2D eigenvalue weighted by atomic mass is 10.0. The minimum atomic E-state index is -0.685. The second-order valence-corrected chi connectivity index (χ2v) is 2.94. The first kappa shape index (κ1) is 10.2. The molecule has 74 valence electrons. The Morgan fingerprint density at radius 2 is 2.07 bits per heavy atom. The predicted octanol–water partition coefficient (Wildman–Crippen LogP) is 1.81. The van der Waals surface area contributed by atoms with Crippen molar-refractivity contribution in [2.45, 2.75) is 13.8 Å². The number of nitro benzene ring substituents is 1. The second-order valence-electron chi connectivity index (χ2n) is 2.94. The van der Waals surface area contributed by atoms with Gasteiger partial charge in [-0.05, 0) is 25.5 Å². The number of benzene rings is 1. The molecule has 0 aliphatic heterocycles. The Bertz CT molecular complexity index is 412. The number of aryl methyl sites for hydroxylation is 1.